The van der Waals surface area contributed by atoms with E-state index in [1.807, 2.05) is 0 Å². The molecule has 0 fully saturated rings. The van der Waals surface area contributed by atoms with Crippen LogP contribution in [0.5, 0.6) is 5.75 Å². The highest BCUT2D eigenvalue weighted by molar-refractivity contribution is 5.91. The smallest absolute Gasteiger partial charge is 0.478 e. The fourth-order valence-corrected chi connectivity index (χ4v) is 1.45. The van der Waals surface area contributed by atoms with Crippen LogP contribution in [0, 0.1) is 13.8 Å². The van der Waals surface area contributed by atoms with Crippen LogP contribution in [0.4, 0.5) is 13.2 Å². The minimum Gasteiger partial charge on any atom is -0.478 e. The average molecular weight is 234 g/mol. The van der Waals surface area contributed by atoms with E-state index in [1.54, 1.807) is 0 Å². The molecule has 0 amide bonds. The second-order valence-electron chi connectivity index (χ2n) is 3.29. The number of carboxylic acids is 1. The van der Waals surface area contributed by atoms with Crippen LogP contribution in [0.15, 0.2) is 12.1 Å². The van der Waals surface area contributed by atoms with E-state index >= 15 is 0 Å². The zero-order valence-corrected chi connectivity index (χ0v) is 8.55. The summed E-state index contributed by atoms with van der Waals surface area (Å²) in [5.74, 6) is -1.58. The lowest BCUT2D eigenvalue weighted by molar-refractivity contribution is -0.274. The molecule has 0 aliphatic rings. The highest BCUT2D eigenvalue weighted by Crippen LogP contribution is 2.27. The van der Waals surface area contributed by atoms with Crippen molar-refractivity contribution in [3.8, 4) is 5.75 Å². The maximum Gasteiger partial charge on any atom is 0.573 e. The highest BCUT2D eigenvalue weighted by atomic mass is 19.4. The Kier molecular flexibility index (Phi) is 3.11. The first kappa shape index (κ1) is 12.4. The molecule has 1 aromatic rings. The molecule has 0 spiro atoms. The van der Waals surface area contributed by atoms with E-state index in [2.05, 4.69) is 4.74 Å². The third-order valence-electron chi connectivity index (χ3n) is 1.95. The van der Waals surface area contributed by atoms with Gasteiger partial charge in [-0.05, 0) is 37.1 Å². The lowest BCUT2D eigenvalue weighted by atomic mass is 10.0. The summed E-state index contributed by atoms with van der Waals surface area (Å²) < 4.78 is 39.5. The highest BCUT2D eigenvalue weighted by Gasteiger charge is 2.31. The minimum atomic E-state index is -4.77. The summed E-state index contributed by atoms with van der Waals surface area (Å²) >= 11 is 0. The molecule has 0 aromatic heterocycles. The summed E-state index contributed by atoms with van der Waals surface area (Å²) in [6.45, 7) is 2.83. The van der Waals surface area contributed by atoms with Gasteiger partial charge in [-0.2, -0.15) is 0 Å². The average Bonchev–Trinajstić information content (AvgIpc) is 1.96. The van der Waals surface area contributed by atoms with Crippen LogP contribution in [-0.4, -0.2) is 17.4 Å². The largest absolute Gasteiger partial charge is 0.573 e. The number of alkyl halides is 3. The molecule has 0 bridgehead atoms. The Balaban J connectivity index is 3.15. The van der Waals surface area contributed by atoms with Gasteiger partial charge >= 0.3 is 12.3 Å². The zero-order chi connectivity index (χ0) is 12.5. The molecule has 3 nitrogen and oxygen atoms in total. The normalized spacial score (nSPS) is 11.3. The number of hydrogen-bond acceptors (Lipinski definition) is 2. The Labute approximate surface area is 89.5 Å². The van der Waals surface area contributed by atoms with Gasteiger partial charge in [0.1, 0.15) is 5.75 Å². The molecule has 0 aliphatic carbocycles. The van der Waals surface area contributed by atoms with Crippen LogP contribution in [0.1, 0.15) is 21.5 Å². The SMILES string of the molecule is Cc1cc(OC(F)(F)F)cc(C)c1C(=O)O. The quantitative estimate of drug-likeness (QED) is 0.855. The number of carboxylic acid groups (broad SMARTS) is 1. The molecule has 16 heavy (non-hydrogen) atoms. The van der Waals surface area contributed by atoms with Crippen LogP contribution in [0.3, 0.4) is 0 Å². The van der Waals surface area contributed by atoms with E-state index in [4.69, 9.17) is 5.11 Å². The van der Waals surface area contributed by atoms with Crippen LogP contribution in [0.25, 0.3) is 0 Å². The molecule has 0 unspecified atom stereocenters. The van der Waals surface area contributed by atoms with Crippen molar-refractivity contribution >= 4 is 5.97 Å². The third-order valence-corrected chi connectivity index (χ3v) is 1.95. The maximum absolute atomic E-state index is 11.9. The molecule has 1 rings (SSSR count). The lowest BCUT2D eigenvalue weighted by Gasteiger charge is -2.12. The summed E-state index contributed by atoms with van der Waals surface area (Å²) in [6.07, 6.45) is -4.77. The predicted molar refractivity (Wildman–Crippen MR) is 49.6 cm³/mol. The van der Waals surface area contributed by atoms with Crippen molar-refractivity contribution < 1.29 is 27.8 Å². The summed E-state index contributed by atoms with van der Waals surface area (Å²) in [7, 11) is 0. The number of halogens is 3. The molecule has 0 atom stereocenters. The molecule has 0 saturated heterocycles. The maximum atomic E-state index is 11.9. The molecule has 88 valence electrons. The van der Waals surface area contributed by atoms with E-state index in [-0.39, 0.29) is 16.7 Å². The summed E-state index contributed by atoms with van der Waals surface area (Å²) in [5, 5.41) is 8.81. The first-order valence-electron chi connectivity index (χ1n) is 4.31. The van der Waals surface area contributed by atoms with Gasteiger partial charge in [-0.25, -0.2) is 4.79 Å². The van der Waals surface area contributed by atoms with E-state index in [9.17, 15) is 18.0 Å². The number of rotatable bonds is 2. The summed E-state index contributed by atoms with van der Waals surface area (Å²) in [4.78, 5) is 10.8. The number of hydrogen-bond donors (Lipinski definition) is 1. The van der Waals surface area contributed by atoms with Crippen LogP contribution < -0.4 is 4.74 Å². The fraction of sp³-hybridized carbons (Fsp3) is 0.300. The van der Waals surface area contributed by atoms with Gasteiger partial charge in [0.25, 0.3) is 0 Å². The van der Waals surface area contributed by atoms with Crippen molar-refractivity contribution in [1.82, 2.24) is 0 Å². The van der Waals surface area contributed by atoms with Crippen molar-refractivity contribution in [2.45, 2.75) is 20.2 Å². The van der Waals surface area contributed by atoms with E-state index in [0.717, 1.165) is 12.1 Å². The van der Waals surface area contributed by atoms with Gasteiger partial charge in [-0.15, -0.1) is 13.2 Å². The van der Waals surface area contributed by atoms with Gasteiger partial charge in [0.2, 0.25) is 0 Å². The Hall–Kier alpha value is -1.72. The summed E-state index contributed by atoms with van der Waals surface area (Å²) in [5.41, 5.74) is 0.452. The van der Waals surface area contributed by atoms with Gasteiger partial charge in [-0.1, -0.05) is 0 Å². The van der Waals surface area contributed by atoms with Crippen molar-refractivity contribution in [1.29, 1.82) is 0 Å². The molecular formula is C10H9F3O3. The Bertz CT molecular complexity index is 401. The lowest BCUT2D eigenvalue weighted by Crippen LogP contribution is -2.17. The zero-order valence-electron chi connectivity index (χ0n) is 8.55. The number of carbonyl (C=O) groups is 1. The Morgan fingerprint density at radius 1 is 1.25 bits per heavy atom. The van der Waals surface area contributed by atoms with Crippen molar-refractivity contribution in [2.24, 2.45) is 0 Å². The standard InChI is InChI=1S/C10H9F3O3/c1-5-3-7(16-10(11,12)13)4-6(2)8(5)9(14)15/h3-4H,1-2H3,(H,14,15). The van der Waals surface area contributed by atoms with E-state index < -0.39 is 18.1 Å². The monoisotopic (exact) mass is 234 g/mol. The molecule has 0 saturated carbocycles. The third kappa shape index (κ3) is 2.88. The fourth-order valence-electron chi connectivity index (χ4n) is 1.45. The number of benzene rings is 1. The molecule has 1 aromatic carbocycles. The molecule has 1 N–H and O–H groups in total. The minimum absolute atomic E-state index is 0.00507. The molecule has 0 radical (unpaired) electrons. The van der Waals surface area contributed by atoms with E-state index in [1.165, 1.54) is 13.8 Å². The molecule has 6 heteroatoms. The Morgan fingerprint density at radius 3 is 2.00 bits per heavy atom. The van der Waals surface area contributed by atoms with Crippen LogP contribution in [-0.2, 0) is 0 Å². The van der Waals surface area contributed by atoms with Gasteiger partial charge in [0, 0.05) is 0 Å². The van der Waals surface area contributed by atoms with Crippen molar-refractivity contribution in [3.63, 3.8) is 0 Å². The predicted octanol–water partition coefficient (Wildman–Crippen LogP) is 2.90. The first-order chi connectivity index (χ1) is 7.20. The van der Waals surface area contributed by atoms with Crippen LogP contribution >= 0.6 is 0 Å². The van der Waals surface area contributed by atoms with Gasteiger partial charge in [-0.3, -0.25) is 0 Å². The van der Waals surface area contributed by atoms with Crippen LogP contribution in [0.2, 0.25) is 0 Å². The second kappa shape index (κ2) is 4.03. The number of aromatic carboxylic acids is 1. The first-order valence-corrected chi connectivity index (χ1v) is 4.31. The van der Waals surface area contributed by atoms with Gasteiger partial charge < -0.3 is 9.84 Å². The van der Waals surface area contributed by atoms with Gasteiger partial charge in [0.05, 0.1) is 5.56 Å². The van der Waals surface area contributed by atoms with Crippen molar-refractivity contribution in [2.75, 3.05) is 0 Å². The molecule has 0 aliphatic heterocycles. The van der Waals surface area contributed by atoms with Crippen molar-refractivity contribution in [3.05, 3.63) is 28.8 Å². The van der Waals surface area contributed by atoms with E-state index in [0.29, 0.717) is 0 Å². The number of aryl methyl sites for hydroxylation is 2. The summed E-state index contributed by atoms with van der Waals surface area (Å²) in [6, 6.07) is 2.09. The molecular weight excluding hydrogens is 225 g/mol. The topological polar surface area (TPSA) is 46.5 Å². The second-order valence-corrected chi connectivity index (χ2v) is 3.29. The molecule has 0 heterocycles. The number of ether oxygens (including phenoxy) is 1. The van der Waals surface area contributed by atoms with Gasteiger partial charge in [0.15, 0.2) is 0 Å². The Morgan fingerprint density at radius 2 is 1.69 bits per heavy atom.